The highest BCUT2D eigenvalue weighted by molar-refractivity contribution is 5.73. The molecule has 6 rings (SSSR count). The van der Waals surface area contributed by atoms with Crippen molar-refractivity contribution in [3.63, 3.8) is 0 Å². The maximum Gasteiger partial charge on any atom is 0.335 e. The largest absolute Gasteiger partial charge is 0.479 e. The van der Waals surface area contributed by atoms with Crippen molar-refractivity contribution in [2.24, 2.45) is 50.2 Å². The Morgan fingerprint density at radius 3 is 2.20 bits per heavy atom. The predicted molar refractivity (Wildman–Crippen MR) is 168 cm³/mol. The van der Waals surface area contributed by atoms with Crippen LogP contribution in [0.1, 0.15) is 99.3 Å². The lowest BCUT2D eigenvalue weighted by atomic mass is 9.33. The summed E-state index contributed by atoms with van der Waals surface area (Å²) in [5, 5.41) is 74.6. The Morgan fingerprint density at radius 1 is 0.870 bits per heavy atom. The number of hydrogen-bond acceptors (Lipinski definition) is 9. The van der Waals surface area contributed by atoms with Crippen molar-refractivity contribution in [1.82, 2.24) is 0 Å². The molecule has 0 amide bonds. The summed E-state index contributed by atoms with van der Waals surface area (Å²) in [5.74, 6) is -1.01. The third kappa shape index (κ3) is 4.60. The summed E-state index contributed by atoms with van der Waals surface area (Å²) in [6.45, 7) is 13.6. The molecule has 0 aromatic carbocycles. The van der Waals surface area contributed by atoms with Gasteiger partial charge in [0.15, 0.2) is 12.4 Å². The van der Waals surface area contributed by atoms with Gasteiger partial charge in [-0.2, -0.15) is 0 Å². The van der Waals surface area contributed by atoms with Gasteiger partial charge in [0.25, 0.3) is 0 Å². The maximum absolute atomic E-state index is 11.9. The Kier molecular flexibility index (Phi) is 8.46. The van der Waals surface area contributed by atoms with E-state index in [1.54, 1.807) is 0 Å². The van der Waals surface area contributed by atoms with Crippen LogP contribution in [0.15, 0.2) is 11.6 Å². The average molecular weight is 651 g/mol. The van der Waals surface area contributed by atoms with Gasteiger partial charge in [0, 0.05) is 10.8 Å². The van der Waals surface area contributed by atoms with Crippen molar-refractivity contribution in [2.75, 3.05) is 13.2 Å². The van der Waals surface area contributed by atoms with E-state index in [-0.39, 0.29) is 52.6 Å². The number of carboxylic acids is 1. The molecule has 0 bridgehead atoms. The van der Waals surface area contributed by atoms with E-state index in [2.05, 4.69) is 40.7 Å². The number of allylic oxidation sites excluding steroid dienone is 2. The molecule has 4 unspecified atom stereocenters. The topological polar surface area (TPSA) is 177 Å². The molecule has 262 valence electrons. The van der Waals surface area contributed by atoms with Crippen molar-refractivity contribution in [3.05, 3.63) is 11.6 Å². The second kappa shape index (κ2) is 11.2. The van der Waals surface area contributed by atoms with Crippen LogP contribution >= 0.6 is 0 Å². The number of aliphatic hydroxyl groups is 6. The van der Waals surface area contributed by atoms with Crippen LogP contribution in [0.4, 0.5) is 0 Å². The van der Waals surface area contributed by atoms with E-state index in [1.807, 2.05) is 6.92 Å². The van der Waals surface area contributed by atoms with Crippen LogP contribution in [-0.4, -0.2) is 97.8 Å². The summed E-state index contributed by atoms with van der Waals surface area (Å²) in [6.07, 6.45) is 0.245. The molecule has 0 aromatic heterocycles. The van der Waals surface area contributed by atoms with Gasteiger partial charge in [0.1, 0.15) is 18.3 Å². The average Bonchev–Trinajstić information content (AvgIpc) is 2.98. The Morgan fingerprint density at radius 2 is 1.57 bits per heavy atom. The molecular weight excluding hydrogens is 592 g/mol. The number of hydrogen-bond donors (Lipinski definition) is 7. The molecule has 6 aliphatic rings. The first-order valence-corrected chi connectivity index (χ1v) is 17.5. The molecule has 5 fully saturated rings. The number of carbonyl (C=O) groups is 1. The fourth-order valence-electron chi connectivity index (χ4n) is 12.3. The molecular formula is C36H58O10. The second-order valence-electron chi connectivity index (χ2n) is 17.9. The van der Waals surface area contributed by atoms with E-state index < -0.39 is 59.7 Å². The fraction of sp³-hybridized carbons (Fsp3) is 0.917. The summed E-state index contributed by atoms with van der Waals surface area (Å²) in [6, 6.07) is 0. The minimum absolute atomic E-state index is 0.00111. The number of aliphatic hydroxyl groups excluding tert-OH is 6. The Hall–Kier alpha value is -1.11. The molecule has 1 saturated heterocycles. The summed E-state index contributed by atoms with van der Waals surface area (Å²) >= 11 is 0. The lowest BCUT2D eigenvalue weighted by Gasteiger charge is -2.72. The Bertz CT molecular complexity index is 1240. The minimum Gasteiger partial charge on any atom is -0.479 e. The zero-order valence-corrected chi connectivity index (χ0v) is 28.5. The van der Waals surface area contributed by atoms with E-state index in [4.69, 9.17) is 9.47 Å². The van der Waals surface area contributed by atoms with Crippen LogP contribution in [-0.2, 0) is 14.3 Å². The highest BCUT2D eigenvalue weighted by Crippen LogP contribution is 2.75. The van der Waals surface area contributed by atoms with Crippen molar-refractivity contribution in [3.8, 4) is 0 Å². The summed E-state index contributed by atoms with van der Waals surface area (Å²) < 4.78 is 11.8. The van der Waals surface area contributed by atoms with Gasteiger partial charge in [-0.25, -0.2) is 4.79 Å². The SMILES string of the molecule is CC1(C)CC[C@]2(CO)[C@H](O)C[C@]3(C)C(=CCC4[C@@]5(C)CCC(O[C@@H]6O[C@H](C(=O)O)[C@@H](O)[C@H](O)[C@H]6O)C(C)(CO)C5CC[C@]43C)[C@H]2C1. The molecule has 1 aliphatic heterocycles. The monoisotopic (exact) mass is 650 g/mol. The van der Waals surface area contributed by atoms with E-state index >= 15 is 0 Å². The lowest BCUT2D eigenvalue weighted by Crippen LogP contribution is -2.68. The van der Waals surface area contributed by atoms with Gasteiger partial charge in [-0.1, -0.05) is 53.2 Å². The molecule has 0 spiro atoms. The molecule has 1 heterocycles. The molecule has 4 saturated carbocycles. The lowest BCUT2D eigenvalue weighted by molar-refractivity contribution is -0.327. The fourth-order valence-corrected chi connectivity index (χ4v) is 12.3. The van der Waals surface area contributed by atoms with Gasteiger partial charge in [0.05, 0.1) is 25.4 Å². The van der Waals surface area contributed by atoms with E-state index in [1.165, 1.54) is 5.57 Å². The van der Waals surface area contributed by atoms with Gasteiger partial charge in [-0.3, -0.25) is 0 Å². The first kappa shape index (κ1) is 34.7. The second-order valence-corrected chi connectivity index (χ2v) is 17.9. The number of fused-ring (bicyclic) bond motifs is 7. The van der Waals surface area contributed by atoms with E-state index in [0.29, 0.717) is 12.8 Å². The number of ether oxygens (including phenoxy) is 2. The molecule has 0 radical (unpaired) electrons. The third-order valence-electron chi connectivity index (χ3n) is 15.4. The van der Waals surface area contributed by atoms with Gasteiger partial charge in [0.2, 0.25) is 0 Å². The molecule has 5 aliphatic carbocycles. The van der Waals surface area contributed by atoms with Crippen molar-refractivity contribution >= 4 is 5.97 Å². The normalized spacial score (nSPS) is 54.8. The van der Waals surface area contributed by atoms with Gasteiger partial charge in [-0.05, 0) is 97.2 Å². The highest BCUT2D eigenvalue weighted by atomic mass is 16.7. The quantitative estimate of drug-likeness (QED) is 0.173. The van der Waals surface area contributed by atoms with E-state index in [9.17, 15) is 40.5 Å². The Balaban J connectivity index is 1.32. The molecule has 7 N–H and O–H groups in total. The van der Waals surface area contributed by atoms with Crippen molar-refractivity contribution < 1.29 is 50.0 Å². The maximum atomic E-state index is 11.9. The van der Waals surface area contributed by atoms with E-state index in [0.717, 1.165) is 44.9 Å². The van der Waals surface area contributed by atoms with Gasteiger partial charge >= 0.3 is 5.97 Å². The summed E-state index contributed by atoms with van der Waals surface area (Å²) in [5.41, 5.74) is -0.208. The first-order chi connectivity index (χ1) is 21.3. The van der Waals surface area contributed by atoms with Crippen molar-refractivity contribution in [2.45, 2.75) is 142 Å². The highest BCUT2D eigenvalue weighted by Gasteiger charge is 2.70. The minimum atomic E-state index is -1.80. The first-order valence-electron chi connectivity index (χ1n) is 17.5. The van der Waals surface area contributed by atoms with Crippen LogP contribution < -0.4 is 0 Å². The van der Waals surface area contributed by atoms with Gasteiger partial charge < -0.3 is 45.2 Å². The third-order valence-corrected chi connectivity index (χ3v) is 15.4. The number of aliphatic carboxylic acids is 1. The zero-order chi connectivity index (χ0) is 33.8. The van der Waals surface area contributed by atoms with Crippen LogP contribution in [0.25, 0.3) is 0 Å². The van der Waals surface area contributed by atoms with Crippen LogP contribution in [0.3, 0.4) is 0 Å². The predicted octanol–water partition coefficient (Wildman–Crippen LogP) is 3.00. The summed E-state index contributed by atoms with van der Waals surface area (Å²) in [4.78, 5) is 11.7. The molecule has 10 heteroatoms. The molecule has 0 aromatic rings. The Labute approximate surface area is 273 Å². The van der Waals surface area contributed by atoms with Crippen LogP contribution in [0, 0.1) is 50.2 Å². The van der Waals surface area contributed by atoms with Crippen LogP contribution in [0.5, 0.6) is 0 Å². The summed E-state index contributed by atoms with van der Waals surface area (Å²) in [7, 11) is 0. The number of carboxylic acid groups (broad SMARTS) is 1. The molecule has 15 atom stereocenters. The number of rotatable bonds is 5. The molecule has 10 nitrogen and oxygen atoms in total. The smallest absolute Gasteiger partial charge is 0.335 e. The standard InChI is InChI=1S/C36H58O10/c1-31(2)13-14-36(18-38)20(15-31)19-7-8-22-32(3)11-10-24(45-30-27(42)25(40)26(41)28(46-30)29(43)44)33(4,17-37)21(32)9-12-34(22,5)35(19,6)16-23(36)39/h7,20-28,30,37-42H,8-18H2,1-6H3,(H,43,44)/t20-,21?,22?,23-,24?,25+,26+,27-,28+,30-,32+,33?,34-,35-,36-/m1/s1. The van der Waals surface area contributed by atoms with Gasteiger partial charge in [-0.15, -0.1) is 0 Å². The zero-order valence-electron chi connectivity index (χ0n) is 28.5. The van der Waals surface area contributed by atoms with Crippen LogP contribution in [0.2, 0.25) is 0 Å². The van der Waals surface area contributed by atoms with Crippen molar-refractivity contribution in [1.29, 1.82) is 0 Å². The molecule has 46 heavy (non-hydrogen) atoms.